The maximum absolute atomic E-state index is 12.3. The molecule has 27 heavy (non-hydrogen) atoms. The van der Waals surface area contributed by atoms with Crippen molar-refractivity contribution >= 4 is 21.8 Å². The van der Waals surface area contributed by atoms with Gasteiger partial charge in [-0.15, -0.1) is 0 Å². The van der Waals surface area contributed by atoms with Crippen LogP contribution in [0.2, 0.25) is 0 Å². The van der Waals surface area contributed by atoms with Gasteiger partial charge in [0, 0.05) is 0 Å². The lowest BCUT2D eigenvalue weighted by Gasteiger charge is -2.21. The van der Waals surface area contributed by atoms with Gasteiger partial charge in [0.05, 0.1) is 10.5 Å². The first kappa shape index (κ1) is 19.5. The summed E-state index contributed by atoms with van der Waals surface area (Å²) in [6, 6.07) is 11.5. The van der Waals surface area contributed by atoms with Crippen LogP contribution in [0.1, 0.15) is 43.9 Å². The second-order valence-corrected chi connectivity index (χ2v) is 7.68. The van der Waals surface area contributed by atoms with E-state index in [1.807, 2.05) is 43.3 Å². The Morgan fingerprint density at radius 2 is 1.78 bits per heavy atom. The van der Waals surface area contributed by atoms with Gasteiger partial charge in [-0.25, -0.2) is 0 Å². The predicted molar refractivity (Wildman–Crippen MR) is 108 cm³/mol. The number of amides is 1. The zero-order chi connectivity index (χ0) is 19.4. The van der Waals surface area contributed by atoms with Gasteiger partial charge in [0.2, 0.25) is 0 Å². The van der Waals surface area contributed by atoms with Crippen molar-refractivity contribution < 1.29 is 19.0 Å². The third kappa shape index (κ3) is 4.95. The Labute approximate surface area is 168 Å². The molecule has 0 bridgehead atoms. The maximum Gasteiger partial charge on any atom is 0.258 e. The largest absolute Gasteiger partial charge is 0.486 e. The van der Waals surface area contributed by atoms with Crippen molar-refractivity contribution in [2.45, 2.75) is 32.7 Å². The zero-order valence-electron chi connectivity index (χ0n) is 15.8. The Bertz CT molecular complexity index is 822. The number of rotatable bonds is 6. The zero-order valence-corrected chi connectivity index (χ0v) is 17.3. The third-order valence-electron chi connectivity index (χ3n) is 4.43. The number of ether oxygens (including phenoxy) is 3. The van der Waals surface area contributed by atoms with Gasteiger partial charge in [0.1, 0.15) is 19.0 Å². The summed E-state index contributed by atoms with van der Waals surface area (Å²) in [6.45, 7) is 7.24. The van der Waals surface area contributed by atoms with E-state index in [-0.39, 0.29) is 18.6 Å². The smallest absolute Gasteiger partial charge is 0.258 e. The molecule has 1 aliphatic heterocycles. The van der Waals surface area contributed by atoms with Crippen molar-refractivity contribution in [3.05, 3.63) is 52.0 Å². The molecular weight excluding hydrogens is 410 g/mol. The second-order valence-electron chi connectivity index (χ2n) is 6.83. The van der Waals surface area contributed by atoms with Crippen LogP contribution in [0.5, 0.6) is 17.2 Å². The Morgan fingerprint density at radius 3 is 2.48 bits per heavy atom. The molecule has 0 radical (unpaired) electrons. The van der Waals surface area contributed by atoms with Gasteiger partial charge in [0.25, 0.3) is 5.91 Å². The van der Waals surface area contributed by atoms with Crippen molar-refractivity contribution in [3.63, 3.8) is 0 Å². The average molecular weight is 434 g/mol. The van der Waals surface area contributed by atoms with Gasteiger partial charge in [0.15, 0.2) is 18.1 Å². The van der Waals surface area contributed by atoms with Crippen LogP contribution in [0.3, 0.4) is 0 Å². The number of hydrogen-bond acceptors (Lipinski definition) is 4. The van der Waals surface area contributed by atoms with Crippen LogP contribution in [0, 0.1) is 0 Å². The number of hydrogen-bond donors (Lipinski definition) is 1. The molecule has 0 saturated heterocycles. The highest BCUT2D eigenvalue weighted by atomic mass is 79.9. The highest BCUT2D eigenvalue weighted by Crippen LogP contribution is 2.32. The summed E-state index contributed by atoms with van der Waals surface area (Å²) in [7, 11) is 0. The first-order valence-corrected chi connectivity index (χ1v) is 9.84. The molecule has 0 aromatic heterocycles. The van der Waals surface area contributed by atoms with Crippen LogP contribution < -0.4 is 19.5 Å². The van der Waals surface area contributed by atoms with E-state index in [1.165, 1.54) is 5.56 Å². The molecule has 0 unspecified atom stereocenters. The van der Waals surface area contributed by atoms with Gasteiger partial charge in [-0.05, 0) is 64.2 Å². The summed E-state index contributed by atoms with van der Waals surface area (Å²) in [6.07, 6.45) is 0. The van der Waals surface area contributed by atoms with Crippen molar-refractivity contribution in [3.8, 4) is 17.2 Å². The number of carbonyl (C=O) groups is 1. The normalized spacial score (nSPS) is 14.0. The van der Waals surface area contributed by atoms with Crippen LogP contribution in [0.4, 0.5) is 0 Å². The molecule has 1 amide bonds. The SMILES string of the molecule is CC(C)c1ccc(OCC(=O)N[C@@H](C)c2ccc3c(c2)OCCO3)c(Br)c1. The molecule has 1 aliphatic rings. The minimum absolute atomic E-state index is 0.0471. The monoisotopic (exact) mass is 433 g/mol. The molecule has 1 heterocycles. The Morgan fingerprint density at radius 1 is 1.07 bits per heavy atom. The van der Waals surface area contributed by atoms with Gasteiger partial charge in [-0.1, -0.05) is 26.0 Å². The van der Waals surface area contributed by atoms with E-state index in [4.69, 9.17) is 14.2 Å². The van der Waals surface area contributed by atoms with Crippen LogP contribution in [0.15, 0.2) is 40.9 Å². The van der Waals surface area contributed by atoms with Crippen LogP contribution in [-0.4, -0.2) is 25.7 Å². The Hall–Kier alpha value is -2.21. The van der Waals surface area contributed by atoms with Crippen LogP contribution in [-0.2, 0) is 4.79 Å². The summed E-state index contributed by atoms with van der Waals surface area (Å²) < 4.78 is 17.6. The lowest BCUT2D eigenvalue weighted by atomic mass is 10.0. The average Bonchev–Trinajstić information content (AvgIpc) is 2.66. The van der Waals surface area contributed by atoms with E-state index in [9.17, 15) is 4.79 Å². The van der Waals surface area contributed by atoms with E-state index in [0.717, 1.165) is 15.8 Å². The Kier molecular flexibility index (Phi) is 6.26. The molecular formula is C21H24BrNO4. The number of carbonyl (C=O) groups excluding carboxylic acids is 1. The molecule has 3 rings (SSSR count). The molecule has 0 aliphatic carbocycles. The summed E-state index contributed by atoms with van der Waals surface area (Å²) in [5.74, 6) is 2.36. The fourth-order valence-corrected chi connectivity index (χ4v) is 3.34. The lowest BCUT2D eigenvalue weighted by Crippen LogP contribution is -2.31. The molecule has 2 aromatic carbocycles. The summed E-state index contributed by atoms with van der Waals surface area (Å²) in [4.78, 5) is 12.3. The van der Waals surface area contributed by atoms with Gasteiger partial charge in [-0.2, -0.15) is 0 Å². The minimum Gasteiger partial charge on any atom is -0.486 e. The second kappa shape index (κ2) is 8.65. The predicted octanol–water partition coefficient (Wildman–Crippen LogP) is 4.60. The lowest BCUT2D eigenvalue weighted by molar-refractivity contribution is -0.123. The van der Waals surface area contributed by atoms with Crippen molar-refractivity contribution in [1.82, 2.24) is 5.32 Å². The molecule has 5 nitrogen and oxygen atoms in total. The highest BCUT2D eigenvalue weighted by molar-refractivity contribution is 9.10. The van der Waals surface area contributed by atoms with Crippen molar-refractivity contribution in [1.29, 1.82) is 0 Å². The molecule has 0 fully saturated rings. The van der Waals surface area contributed by atoms with E-state index < -0.39 is 0 Å². The number of halogens is 1. The fourth-order valence-electron chi connectivity index (χ4n) is 2.83. The Balaban J connectivity index is 1.56. The highest BCUT2D eigenvalue weighted by Gasteiger charge is 2.16. The number of fused-ring (bicyclic) bond motifs is 1. The number of nitrogens with one attached hydrogen (secondary N) is 1. The minimum atomic E-state index is -0.183. The van der Waals surface area contributed by atoms with E-state index in [1.54, 1.807) is 0 Å². The van der Waals surface area contributed by atoms with Crippen molar-refractivity contribution in [2.75, 3.05) is 19.8 Å². The molecule has 2 aromatic rings. The molecule has 1 atom stereocenters. The van der Waals surface area contributed by atoms with E-state index in [2.05, 4.69) is 35.1 Å². The molecule has 6 heteroatoms. The third-order valence-corrected chi connectivity index (χ3v) is 5.04. The van der Waals surface area contributed by atoms with Crippen molar-refractivity contribution in [2.24, 2.45) is 0 Å². The maximum atomic E-state index is 12.3. The van der Waals surface area contributed by atoms with Gasteiger partial charge < -0.3 is 19.5 Å². The van der Waals surface area contributed by atoms with Crippen LogP contribution in [0.25, 0.3) is 0 Å². The van der Waals surface area contributed by atoms with Gasteiger partial charge >= 0.3 is 0 Å². The molecule has 0 spiro atoms. The quantitative estimate of drug-likeness (QED) is 0.722. The summed E-state index contributed by atoms with van der Waals surface area (Å²) in [5.41, 5.74) is 2.17. The standard InChI is InChI=1S/C21H24BrNO4/c1-13(2)15-4-6-18(17(22)10-15)27-12-21(24)23-14(3)16-5-7-19-20(11-16)26-9-8-25-19/h4-7,10-11,13-14H,8-9,12H2,1-3H3,(H,23,24)/t14-/m0/s1. The van der Waals surface area contributed by atoms with E-state index >= 15 is 0 Å². The topological polar surface area (TPSA) is 56.8 Å². The first-order chi connectivity index (χ1) is 12.9. The first-order valence-electron chi connectivity index (χ1n) is 9.05. The molecule has 1 N–H and O–H groups in total. The number of benzene rings is 2. The summed E-state index contributed by atoms with van der Waals surface area (Å²) in [5, 5.41) is 2.95. The molecule has 144 valence electrons. The van der Waals surface area contributed by atoms with Crippen LogP contribution >= 0.6 is 15.9 Å². The van der Waals surface area contributed by atoms with E-state index in [0.29, 0.717) is 30.6 Å². The van der Waals surface area contributed by atoms with Gasteiger partial charge in [-0.3, -0.25) is 4.79 Å². The molecule has 0 saturated carbocycles. The summed E-state index contributed by atoms with van der Waals surface area (Å²) >= 11 is 3.51. The fraction of sp³-hybridized carbons (Fsp3) is 0.381.